The first-order valence-electron chi connectivity index (χ1n) is 5.41. The van der Waals surface area contributed by atoms with Crippen molar-refractivity contribution in [2.75, 3.05) is 0 Å². The lowest BCUT2D eigenvalue weighted by Gasteiger charge is -2.03. The van der Waals surface area contributed by atoms with E-state index in [1.165, 1.54) is 0 Å². The molecule has 0 amide bonds. The number of non-ortho nitro benzene ring substituents is 1. The van der Waals surface area contributed by atoms with E-state index in [1.807, 2.05) is 0 Å². The van der Waals surface area contributed by atoms with Crippen molar-refractivity contribution in [1.82, 2.24) is 0 Å². The predicted molar refractivity (Wildman–Crippen MR) is 68.3 cm³/mol. The Balaban J connectivity index is 2.64. The topological polar surface area (TPSA) is 93.6 Å². The molecule has 0 aliphatic carbocycles. The predicted octanol–water partition coefficient (Wildman–Crippen LogP) is 2.56. The first kappa shape index (κ1) is 11.2. The molecule has 0 aliphatic heterocycles. The van der Waals surface area contributed by atoms with Crippen molar-refractivity contribution in [2.24, 2.45) is 0 Å². The van der Waals surface area contributed by atoms with E-state index in [1.54, 1.807) is 24.3 Å². The zero-order chi connectivity index (χ0) is 13.6. The van der Waals surface area contributed by atoms with Crippen molar-refractivity contribution in [1.29, 1.82) is 0 Å². The van der Waals surface area contributed by atoms with Gasteiger partial charge in [0, 0.05) is 6.07 Å². The van der Waals surface area contributed by atoms with Crippen LogP contribution in [0.3, 0.4) is 0 Å². The van der Waals surface area contributed by atoms with E-state index in [0.29, 0.717) is 0 Å². The van der Waals surface area contributed by atoms with Crippen LogP contribution in [0.2, 0.25) is 0 Å². The number of phenolic OH excluding ortho intramolecular Hbond substituents is 1. The van der Waals surface area contributed by atoms with E-state index in [9.17, 15) is 20.0 Å². The summed E-state index contributed by atoms with van der Waals surface area (Å²) < 4.78 is 5.40. The van der Waals surface area contributed by atoms with Crippen molar-refractivity contribution >= 4 is 27.6 Å². The minimum atomic E-state index is -0.653. The number of hydrogen-bond acceptors (Lipinski definition) is 5. The maximum atomic E-state index is 12.2. The molecule has 0 unspecified atom stereocenters. The van der Waals surface area contributed by atoms with Gasteiger partial charge in [0.2, 0.25) is 11.0 Å². The number of nitro groups is 1. The van der Waals surface area contributed by atoms with Gasteiger partial charge in [-0.05, 0) is 18.2 Å². The summed E-state index contributed by atoms with van der Waals surface area (Å²) in [6, 6.07) is 8.62. The number of phenols is 1. The maximum Gasteiger partial charge on any atom is 0.312 e. The lowest BCUT2D eigenvalue weighted by atomic mass is 10.1. The molecule has 1 aromatic heterocycles. The summed E-state index contributed by atoms with van der Waals surface area (Å²) in [5, 5.41) is 20.8. The molecule has 0 saturated heterocycles. The van der Waals surface area contributed by atoms with E-state index < -0.39 is 10.4 Å². The van der Waals surface area contributed by atoms with Gasteiger partial charge in [0.1, 0.15) is 16.7 Å². The van der Waals surface area contributed by atoms with E-state index in [0.717, 1.165) is 12.1 Å². The Bertz CT molecular complexity index is 881. The molecule has 6 heteroatoms. The summed E-state index contributed by atoms with van der Waals surface area (Å²) in [7, 11) is 0. The van der Waals surface area contributed by atoms with Gasteiger partial charge in [-0.2, -0.15) is 0 Å². The van der Waals surface area contributed by atoms with Crippen LogP contribution in [-0.2, 0) is 0 Å². The molecule has 0 saturated carbocycles. The summed E-state index contributed by atoms with van der Waals surface area (Å²) in [6.45, 7) is 0. The Kier molecular flexibility index (Phi) is 2.25. The number of nitro benzene ring substituents is 1. The van der Waals surface area contributed by atoms with Crippen LogP contribution in [0.1, 0.15) is 0 Å². The van der Waals surface area contributed by atoms with Crippen molar-refractivity contribution in [3.63, 3.8) is 0 Å². The quantitative estimate of drug-likeness (QED) is 0.410. The third-order valence-electron chi connectivity index (χ3n) is 2.88. The van der Waals surface area contributed by atoms with Crippen LogP contribution < -0.4 is 5.43 Å². The van der Waals surface area contributed by atoms with Crippen LogP contribution >= 0.6 is 0 Å². The van der Waals surface area contributed by atoms with Crippen LogP contribution in [0.4, 0.5) is 5.69 Å². The number of aromatic hydroxyl groups is 1. The van der Waals surface area contributed by atoms with E-state index >= 15 is 0 Å². The molecule has 19 heavy (non-hydrogen) atoms. The zero-order valence-electron chi connectivity index (χ0n) is 9.49. The second kappa shape index (κ2) is 3.81. The molecule has 1 N–H and O–H groups in total. The van der Waals surface area contributed by atoms with Crippen LogP contribution in [0.5, 0.6) is 5.75 Å². The fraction of sp³-hybridized carbons (Fsp3) is 0. The number of hydrogen-bond donors (Lipinski definition) is 1. The van der Waals surface area contributed by atoms with Crippen LogP contribution in [0, 0.1) is 10.1 Å². The van der Waals surface area contributed by atoms with E-state index in [2.05, 4.69) is 0 Å². The zero-order valence-corrected chi connectivity index (χ0v) is 9.49. The molecule has 1 heterocycles. The van der Waals surface area contributed by atoms with Gasteiger partial charge >= 0.3 is 5.69 Å². The fourth-order valence-electron chi connectivity index (χ4n) is 2.02. The molecule has 0 atom stereocenters. The molecule has 0 spiro atoms. The normalized spacial score (nSPS) is 10.9. The second-order valence-corrected chi connectivity index (χ2v) is 3.99. The number of nitrogens with zero attached hydrogens (tertiary/aromatic N) is 1. The first-order chi connectivity index (χ1) is 9.09. The molecule has 6 nitrogen and oxygen atoms in total. The summed E-state index contributed by atoms with van der Waals surface area (Å²) in [5.74, 6) is -0.333. The van der Waals surface area contributed by atoms with Crippen LogP contribution in [0.25, 0.3) is 21.9 Å². The average Bonchev–Trinajstić information content (AvgIpc) is 2.38. The monoisotopic (exact) mass is 257 g/mol. The summed E-state index contributed by atoms with van der Waals surface area (Å²) >= 11 is 0. The third-order valence-corrected chi connectivity index (χ3v) is 2.88. The van der Waals surface area contributed by atoms with Gasteiger partial charge in [0.15, 0.2) is 0 Å². The maximum absolute atomic E-state index is 12.2. The van der Waals surface area contributed by atoms with Gasteiger partial charge in [0.05, 0.1) is 10.3 Å². The molecule has 2 aromatic carbocycles. The highest BCUT2D eigenvalue weighted by Gasteiger charge is 2.20. The highest BCUT2D eigenvalue weighted by molar-refractivity contribution is 5.97. The molecule has 3 rings (SSSR count). The summed E-state index contributed by atoms with van der Waals surface area (Å²) in [6.07, 6.45) is 0. The highest BCUT2D eigenvalue weighted by atomic mass is 16.6. The molecule has 0 aliphatic rings. The molecule has 0 fully saturated rings. The van der Waals surface area contributed by atoms with Gasteiger partial charge in [0.25, 0.3) is 0 Å². The van der Waals surface area contributed by atoms with Gasteiger partial charge in [-0.15, -0.1) is 0 Å². The average molecular weight is 257 g/mol. The number of benzene rings is 2. The van der Waals surface area contributed by atoms with Crippen molar-refractivity contribution in [2.45, 2.75) is 0 Å². The Morgan fingerprint density at radius 2 is 1.89 bits per heavy atom. The van der Waals surface area contributed by atoms with E-state index in [4.69, 9.17) is 4.42 Å². The summed E-state index contributed by atoms with van der Waals surface area (Å²) in [4.78, 5) is 22.5. The van der Waals surface area contributed by atoms with Crippen molar-refractivity contribution in [3.05, 3.63) is 56.7 Å². The van der Waals surface area contributed by atoms with Crippen molar-refractivity contribution < 1.29 is 14.4 Å². The third kappa shape index (κ3) is 1.54. The Morgan fingerprint density at radius 1 is 1.16 bits per heavy atom. The van der Waals surface area contributed by atoms with Gasteiger partial charge in [-0.1, -0.05) is 12.1 Å². The number of para-hydroxylation sites is 1. The molecule has 3 aromatic rings. The molecular weight excluding hydrogens is 250 g/mol. The highest BCUT2D eigenvalue weighted by Crippen LogP contribution is 2.32. The molecular formula is C13H7NO5. The number of rotatable bonds is 1. The molecule has 0 radical (unpaired) electrons. The first-order valence-corrected chi connectivity index (χ1v) is 5.41. The van der Waals surface area contributed by atoms with E-state index in [-0.39, 0.29) is 33.4 Å². The Labute approximate surface area is 105 Å². The van der Waals surface area contributed by atoms with Crippen molar-refractivity contribution in [3.8, 4) is 5.75 Å². The fourth-order valence-corrected chi connectivity index (χ4v) is 2.02. The van der Waals surface area contributed by atoms with Gasteiger partial charge in [-0.25, -0.2) is 0 Å². The van der Waals surface area contributed by atoms with Crippen LogP contribution in [0.15, 0.2) is 45.6 Å². The lowest BCUT2D eigenvalue weighted by molar-refractivity contribution is -0.383. The SMILES string of the molecule is O=c1c2ccccc2oc2c([N+](=O)[O-])ccc(O)c12. The van der Waals surface area contributed by atoms with Gasteiger partial charge < -0.3 is 9.52 Å². The standard InChI is InChI=1S/C13H7NO5/c15-9-6-5-8(14(17)18)13-11(9)12(16)7-3-1-2-4-10(7)19-13/h1-6,15H. The minimum absolute atomic E-state index is 0.173. The second-order valence-electron chi connectivity index (χ2n) is 3.99. The number of fused-ring (bicyclic) bond motifs is 2. The Morgan fingerprint density at radius 3 is 2.63 bits per heavy atom. The largest absolute Gasteiger partial charge is 0.507 e. The van der Waals surface area contributed by atoms with Gasteiger partial charge in [-0.3, -0.25) is 14.9 Å². The molecule has 94 valence electrons. The van der Waals surface area contributed by atoms with Crippen LogP contribution in [-0.4, -0.2) is 10.0 Å². The molecule has 0 bridgehead atoms. The smallest absolute Gasteiger partial charge is 0.312 e. The minimum Gasteiger partial charge on any atom is -0.507 e. The lowest BCUT2D eigenvalue weighted by Crippen LogP contribution is -2.03. The summed E-state index contributed by atoms with van der Waals surface area (Å²) in [5.41, 5.74) is -0.809. The Hall–Kier alpha value is -2.89.